The number of carbonyl (C=O) groups is 1. The lowest BCUT2D eigenvalue weighted by molar-refractivity contribution is -0.152. The lowest BCUT2D eigenvalue weighted by Crippen LogP contribution is -2.45. The van der Waals surface area contributed by atoms with E-state index in [2.05, 4.69) is 20.5 Å². The van der Waals surface area contributed by atoms with Crippen LogP contribution in [0, 0.1) is 29.8 Å². The van der Waals surface area contributed by atoms with Gasteiger partial charge in [-0.15, -0.1) is 0 Å². The first-order valence-electron chi connectivity index (χ1n) is 10.6. The molecule has 0 amide bonds. The molecule has 1 aliphatic rings. The molecule has 3 heterocycles. The minimum absolute atomic E-state index is 0.0549. The average molecular weight is 459 g/mol. The van der Waals surface area contributed by atoms with Crippen LogP contribution in [0.25, 0.3) is 0 Å². The molecule has 0 unspecified atom stereocenters. The third-order valence-corrected chi connectivity index (χ3v) is 6.08. The first-order chi connectivity index (χ1) is 15.8. The molecule has 4 rings (SSSR count). The molecule has 0 atom stereocenters. The Balaban J connectivity index is 1.47. The zero-order valence-electron chi connectivity index (χ0n) is 18.0. The molecular weight excluding hydrogens is 435 g/mol. The largest absolute Gasteiger partial charge is 0.481 e. The lowest BCUT2D eigenvalue weighted by Gasteiger charge is -2.39. The van der Waals surface area contributed by atoms with Crippen molar-refractivity contribution in [1.82, 2.24) is 20.1 Å². The van der Waals surface area contributed by atoms with Gasteiger partial charge in [-0.25, -0.2) is 18.2 Å². The van der Waals surface area contributed by atoms with E-state index in [-0.39, 0.29) is 37.1 Å². The predicted molar refractivity (Wildman–Crippen MR) is 115 cm³/mol. The van der Waals surface area contributed by atoms with Crippen molar-refractivity contribution in [2.24, 2.45) is 5.41 Å². The number of anilines is 2. The number of H-pyrrole nitrogens is 1. The molecule has 10 heteroatoms. The number of aromatic nitrogens is 3. The number of aromatic amines is 1. The van der Waals surface area contributed by atoms with Crippen molar-refractivity contribution >= 4 is 17.6 Å². The zero-order chi connectivity index (χ0) is 23.6. The Hall–Kier alpha value is -3.40. The Morgan fingerprint density at radius 3 is 2.58 bits per heavy atom. The van der Waals surface area contributed by atoms with Crippen LogP contribution in [-0.2, 0) is 17.8 Å². The third kappa shape index (κ3) is 5.00. The van der Waals surface area contributed by atoms with Gasteiger partial charge in [-0.1, -0.05) is 12.1 Å². The van der Waals surface area contributed by atoms with E-state index in [0.717, 1.165) is 11.8 Å². The van der Waals surface area contributed by atoms with Gasteiger partial charge in [0.1, 0.15) is 11.6 Å². The summed E-state index contributed by atoms with van der Waals surface area (Å²) >= 11 is 0. The van der Waals surface area contributed by atoms with Gasteiger partial charge in [0.2, 0.25) is 0 Å². The van der Waals surface area contributed by atoms with Crippen molar-refractivity contribution in [3.8, 4) is 0 Å². The molecular formula is C23H24F3N5O2. The summed E-state index contributed by atoms with van der Waals surface area (Å²) in [6.07, 6.45) is 0.388. The SMILES string of the molecule is Cc1cc(Nc2ccc(F)c(CC3(C(=O)O)CCN(Cc4cccc(F)c4F)CC3)n2)n[nH]1. The Morgan fingerprint density at radius 2 is 1.91 bits per heavy atom. The van der Waals surface area contributed by atoms with E-state index in [4.69, 9.17) is 0 Å². The highest BCUT2D eigenvalue weighted by molar-refractivity contribution is 5.75. The molecule has 1 aliphatic heterocycles. The second-order valence-corrected chi connectivity index (χ2v) is 8.44. The molecule has 0 radical (unpaired) electrons. The van der Waals surface area contributed by atoms with Gasteiger partial charge in [0.15, 0.2) is 17.5 Å². The van der Waals surface area contributed by atoms with Crippen LogP contribution in [0.2, 0.25) is 0 Å². The van der Waals surface area contributed by atoms with Gasteiger partial charge in [0.05, 0.1) is 11.1 Å². The molecule has 1 fully saturated rings. The number of benzene rings is 1. The van der Waals surface area contributed by atoms with Gasteiger partial charge in [-0.05, 0) is 51.1 Å². The molecule has 33 heavy (non-hydrogen) atoms. The summed E-state index contributed by atoms with van der Waals surface area (Å²) < 4.78 is 42.1. The molecule has 1 aromatic carbocycles. The second-order valence-electron chi connectivity index (χ2n) is 8.44. The number of hydrogen-bond donors (Lipinski definition) is 3. The summed E-state index contributed by atoms with van der Waals surface area (Å²) in [5, 5.41) is 19.8. The van der Waals surface area contributed by atoms with E-state index in [1.807, 2.05) is 11.8 Å². The number of halogens is 3. The normalized spacial score (nSPS) is 16.0. The monoisotopic (exact) mass is 459 g/mol. The number of aryl methyl sites for hydroxylation is 1. The van der Waals surface area contributed by atoms with E-state index in [0.29, 0.717) is 24.7 Å². The molecule has 174 valence electrons. The fraction of sp³-hybridized carbons (Fsp3) is 0.348. The molecule has 0 spiro atoms. The van der Waals surface area contributed by atoms with Crippen molar-refractivity contribution in [2.75, 3.05) is 18.4 Å². The number of nitrogens with zero attached hydrogens (tertiary/aromatic N) is 3. The first-order valence-corrected chi connectivity index (χ1v) is 10.6. The van der Waals surface area contributed by atoms with Crippen LogP contribution in [-0.4, -0.2) is 44.2 Å². The van der Waals surface area contributed by atoms with Gasteiger partial charge in [0, 0.05) is 30.3 Å². The van der Waals surface area contributed by atoms with Crippen molar-refractivity contribution in [1.29, 1.82) is 0 Å². The maximum absolute atomic E-state index is 14.6. The number of carboxylic acids is 1. The minimum Gasteiger partial charge on any atom is -0.481 e. The maximum atomic E-state index is 14.6. The smallest absolute Gasteiger partial charge is 0.310 e. The van der Waals surface area contributed by atoms with Crippen molar-refractivity contribution in [2.45, 2.75) is 32.7 Å². The lowest BCUT2D eigenvalue weighted by atomic mass is 9.74. The average Bonchev–Trinajstić information content (AvgIpc) is 3.19. The Labute approximate surface area is 188 Å². The standard InChI is InChI=1S/C23H24F3N5O2/c1-14-11-20(30-29-14)28-19-6-5-16(24)18(27-19)12-23(22(32)33)7-9-31(10-8-23)13-15-3-2-4-17(25)21(15)26/h2-6,11H,7-10,12-13H2,1H3,(H,32,33)(H2,27,28,29,30). The van der Waals surface area contributed by atoms with Gasteiger partial charge >= 0.3 is 5.97 Å². The quantitative estimate of drug-likeness (QED) is 0.491. The number of hydrogen-bond acceptors (Lipinski definition) is 5. The molecule has 7 nitrogen and oxygen atoms in total. The fourth-order valence-electron chi connectivity index (χ4n) is 4.13. The van der Waals surface area contributed by atoms with Gasteiger partial charge < -0.3 is 10.4 Å². The Morgan fingerprint density at radius 1 is 1.15 bits per heavy atom. The van der Waals surface area contributed by atoms with Crippen LogP contribution in [0.1, 0.15) is 29.8 Å². The van der Waals surface area contributed by atoms with Crippen LogP contribution < -0.4 is 5.32 Å². The Kier molecular flexibility index (Phi) is 6.37. The van der Waals surface area contributed by atoms with Crippen LogP contribution >= 0.6 is 0 Å². The number of pyridine rings is 1. The maximum Gasteiger partial charge on any atom is 0.310 e. The van der Waals surface area contributed by atoms with Crippen LogP contribution in [0.4, 0.5) is 24.8 Å². The first kappa shape index (κ1) is 22.8. The molecule has 2 aromatic heterocycles. The zero-order valence-corrected chi connectivity index (χ0v) is 18.0. The topological polar surface area (TPSA) is 94.1 Å². The van der Waals surface area contributed by atoms with Crippen molar-refractivity contribution in [3.05, 3.63) is 70.8 Å². The molecule has 0 bridgehead atoms. The van der Waals surface area contributed by atoms with Crippen LogP contribution in [0.5, 0.6) is 0 Å². The van der Waals surface area contributed by atoms with E-state index < -0.39 is 28.8 Å². The number of carboxylic acid groups (broad SMARTS) is 1. The van der Waals surface area contributed by atoms with Gasteiger partial charge in [-0.3, -0.25) is 14.8 Å². The molecule has 0 saturated carbocycles. The highest BCUT2D eigenvalue weighted by atomic mass is 19.2. The summed E-state index contributed by atoms with van der Waals surface area (Å²) in [6.45, 7) is 2.73. The number of aliphatic carboxylic acids is 1. The predicted octanol–water partition coefficient (Wildman–Crippen LogP) is 4.18. The van der Waals surface area contributed by atoms with E-state index >= 15 is 0 Å². The van der Waals surface area contributed by atoms with Gasteiger partial charge in [0.25, 0.3) is 0 Å². The highest BCUT2D eigenvalue weighted by Crippen LogP contribution is 2.36. The minimum atomic E-state index is -1.20. The summed E-state index contributed by atoms with van der Waals surface area (Å²) in [5.41, 5.74) is -0.0847. The van der Waals surface area contributed by atoms with E-state index in [9.17, 15) is 23.1 Å². The fourth-order valence-corrected chi connectivity index (χ4v) is 4.13. The van der Waals surface area contributed by atoms with Crippen molar-refractivity contribution in [3.63, 3.8) is 0 Å². The van der Waals surface area contributed by atoms with Crippen molar-refractivity contribution < 1.29 is 23.1 Å². The summed E-state index contributed by atoms with van der Waals surface area (Å²) in [5.74, 6) is -2.54. The summed E-state index contributed by atoms with van der Waals surface area (Å²) in [4.78, 5) is 18.4. The number of rotatable bonds is 7. The summed E-state index contributed by atoms with van der Waals surface area (Å²) in [6, 6.07) is 8.49. The molecule has 3 N–H and O–H groups in total. The van der Waals surface area contributed by atoms with E-state index in [1.54, 1.807) is 6.07 Å². The van der Waals surface area contributed by atoms with Gasteiger partial charge in [-0.2, -0.15) is 5.10 Å². The number of nitrogens with one attached hydrogen (secondary N) is 2. The second kappa shape index (κ2) is 9.22. The summed E-state index contributed by atoms with van der Waals surface area (Å²) in [7, 11) is 0. The van der Waals surface area contributed by atoms with Crippen LogP contribution in [0.3, 0.4) is 0 Å². The molecule has 1 saturated heterocycles. The molecule has 0 aliphatic carbocycles. The van der Waals surface area contributed by atoms with E-state index in [1.165, 1.54) is 24.3 Å². The van der Waals surface area contributed by atoms with Crippen LogP contribution in [0.15, 0.2) is 36.4 Å². The Bertz CT molecular complexity index is 1160. The highest BCUT2D eigenvalue weighted by Gasteiger charge is 2.42. The number of piperidine rings is 1. The third-order valence-electron chi connectivity index (χ3n) is 6.08. The molecule has 3 aromatic rings. The number of likely N-dealkylation sites (tertiary alicyclic amines) is 1.